The van der Waals surface area contributed by atoms with Crippen LogP contribution in [0.1, 0.15) is 26.3 Å². The van der Waals surface area contributed by atoms with E-state index in [9.17, 15) is 0 Å². The molecular weight excluding hydrogens is 196 g/mol. The molecule has 76 valence electrons. The third-order valence-corrected chi connectivity index (χ3v) is 2.03. The molecule has 0 aliphatic carbocycles. The zero-order valence-electron chi connectivity index (χ0n) is 8.80. The summed E-state index contributed by atoms with van der Waals surface area (Å²) in [7, 11) is 0. The summed E-state index contributed by atoms with van der Waals surface area (Å²) >= 11 is 6.12. The Hall–Kier alpha value is -0.950. The molecule has 0 aliphatic rings. The lowest BCUT2D eigenvalue weighted by atomic mass is 10.1. The summed E-state index contributed by atoms with van der Waals surface area (Å²) in [4.78, 5) is 0. The molecule has 0 heterocycles. The molecule has 0 saturated heterocycles. The topological polar surface area (TPSA) is 9.23 Å². The van der Waals surface area contributed by atoms with Gasteiger partial charge < -0.3 is 4.74 Å². The van der Waals surface area contributed by atoms with Crippen LogP contribution in [-0.4, -0.2) is 5.60 Å². The van der Waals surface area contributed by atoms with Crippen molar-refractivity contribution in [3.05, 3.63) is 35.4 Å². The SMILES string of the molecule is C=Cc1cccc(OC(C)(C)C)c1Cl. The molecule has 1 rings (SSSR count). The van der Waals surface area contributed by atoms with Gasteiger partial charge in [-0.2, -0.15) is 0 Å². The highest BCUT2D eigenvalue weighted by molar-refractivity contribution is 6.33. The summed E-state index contributed by atoms with van der Waals surface area (Å²) in [6, 6.07) is 5.68. The van der Waals surface area contributed by atoms with Crippen molar-refractivity contribution in [1.29, 1.82) is 0 Å². The van der Waals surface area contributed by atoms with Gasteiger partial charge in [-0.25, -0.2) is 0 Å². The third-order valence-electron chi connectivity index (χ3n) is 1.63. The zero-order chi connectivity index (χ0) is 10.8. The molecule has 1 aromatic rings. The van der Waals surface area contributed by atoms with Gasteiger partial charge in [0, 0.05) is 0 Å². The maximum atomic E-state index is 6.12. The van der Waals surface area contributed by atoms with E-state index in [2.05, 4.69) is 6.58 Å². The maximum absolute atomic E-state index is 6.12. The number of halogens is 1. The van der Waals surface area contributed by atoms with E-state index in [1.807, 2.05) is 39.0 Å². The lowest BCUT2D eigenvalue weighted by Gasteiger charge is -2.22. The summed E-state index contributed by atoms with van der Waals surface area (Å²) in [6.45, 7) is 9.66. The summed E-state index contributed by atoms with van der Waals surface area (Å²) in [5, 5.41) is 0.623. The van der Waals surface area contributed by atoms with E-state index in [1.165, 1.54) is 0 Å². The second-order valence-corrected chi connectivity index (χ2v) is 4.46. The van der Waals surface area contributed by atoms with Crippen molar-refractivity contribution >= 4 is 17.7 Å². The largest absolute Gasteiger partial charge is 0.487 e. The Bertz CT molecular complexity index is 337. The Kier molecular flexibility index (Phi) is 3.22. The molecule has 0 fully saturated rings. The molecule has 0 aliphatic heterocycles. The highest BCUT2D eigenvalue weighted by Gasteiger charge is 2.14. The Morgan fingerprint density at radius 1 is 1.36 bits per heavy atom. The van der Waals surface area contributed by atoms with Crippen molar-refractivity contribution in [2.75, 3.05) is 0 Å². The smallest absolute Gasteiger partial charge is 0.139 e. The van der Waals surface area contributed by atoms with Gasteiger partial charge >= 0.3 is 0 Å². The normalized spacial score (nSPS) is 11.1. The Morgan fingerprint density at radius 2 is 2.00 bits per heavy atom. The van der Waals surface area contributed by atoms with Gasteiger partial charge in [0.25, 0.3) is 0 Å². The molecule has 1 aromatic carbocycles. The highest BCUT2D eigenvalue weighted by atomic mass is 35.5. The van der Waals surface area contributed by atoms with Crippen LogP contribution in [0.5, 0.6) is 5.75 Å². The van der Waals surface area contributed by atoms with Crippen LogP contribution < -0.4 is 4.74 Å². The van der Waals surface area contributed by atoms with Crippen LogP contribution in [0.2, 0.25) is 5.02 Å². The summed E-state index contributed by atoms with van der Waals surface area (Å²) < 4.78 is 5.70. The van der Waals surface area contributed by atoms with Gasteiger partial charge in [-0.05, 0) is 32.4 Å². The molecule has 0 amide bonds. The quantitative estimate of drug-likeness (QED) is 0.712. The number of hydrogen-bond donors (Lipinski definition) is 0. The van der Waals surface area contributed by atoms with Crippen LogP contribution in [0.15, 0.2) is 24.8 Å². The minimum Gasteiger partial charge on any atom is -0.487 e. The molecule has 14 heavy (non-hydrogen) atoms. The van der Waals surface area contributed by atoms with Crippen LogP contribution in [0, 0.1) is 0 Å². The summed E-state index contributed by atoms with van der Waals surface area (Å²) in [6.07, 6.45) is 1.72. The number of benzene rings is 1. The van der Waals surface area contributed by atoms with Gasteiger partial charge in [0.1, 0.15) is 11.4 Å². The monoisotopic (exact) mass is 210 g/mol. The van der Waals surface area contributed by atoms with Gasteiger partial charge in [0.05, 0.1) is 5.02 Å². The molecule has 0 unspecified atom stereocenters. The minimum absolute atomic E-state index is 0.233. The van der Waals surface area contributed by atoms with Crippen molar-refractivity contribution < 1.29 is 4.74 Å². The van der Waals surface area contributed by atoms with Crippen LogP contribution in [-0.2, 0) is 0 Å². The second-order valence-electron chi connectivity index (χ2n) is 4.08. The fraction of sp³-hybridized carbons (Fsp3) is 0.333. The van der Waals surface area contributed by atoms with E-state index in [0.717, 1.165) is 5.56 Å². The Morgan fingerprint density at radius 3 is 2.50 bits per heavy atom. The average molecular weight is 211 g/mol. The molecule has 1 nitrogen and oxygen atoms in total. The van der Waals surface area contributed by atoms with Gasteiger partial charge in [-0.1, -0.05) is 36.4 Å². The Labute approximate surface area is 90.3 Å². The van der Waals surface area contributed by atoms with E-state index in [-0.39, 0.29) is 5.60 Å². The maximum Gasteiger partial charge on any atom is 0.139 e. The van der Waals surface area contributed by atoms with E-state index in [0.29, 0.717) is 10.8 Å². The standard InChI is InChI=1S/C12H15ClO/c1-5-9-7-6-8-10(11(9)13)14-12(2,3)4/h5-8H,1H2,2-4H3. The lowest BCUT2D eigenvalue weighted by Crippen LogP contribution is -2.23. The van der Waals surface area contributed by atoms with Crippen molar-refractivity contribution in [2.45, 2.75) is 26.4 Å². The number of rotatable bonds is 2. The summed E-state index contributed by atoms with van der Waals surface area (Å²) in [5.41, 5.74) is 0.664. The van der Waals surface area contributed by atoms with Gasteiger partial charge in [-0.3, -0.25) is 0 Å². The molecule has 0 atom stereocenters. The molecule has 0 aromatic heterocycles. The van der Waals surface area contributed by atoms with Crippen molar-refractivity contribution in [2.24, 2.45) is 0 Å². The minimum atomic E-state index is -0.233. The Balaban J connectivity index is 3.04. The van der Waals surface area contributed by atoms with Crippen molar-refractivity contribution in [3.8, 4) is 5.75 Å². The number of ether oxygens (including phenoxy) is 1. The third kappa shape index (κ3) is 2.78. The molecular formula is C12H15ClO. The van der Waals surface area contributed by atoms with Crippen molar-refractivity contribution in [1.82, 2.24) is 0 Å². The van der Waals surface area contributed by atoms with Gasteiger partial charge in [0.2, 0.25) is 0 Å². The highest BCUT2D eigenvalue weighted by Crippen LogP contribution is 2.31. The fourth-order valence-corrected chi connectivity index (χ4v) is 1.34. The van der Waals surface area contributed by atoms with Crippen LogP contribution in [0.25, 0.3) is 6.08 Å². The molecule has 0 bridgehead atoms. The van der Waals surface area contributed by atoms with E-state index in [1.54, 1.807) is 6.08 Å². The predicted octanol–water partition coefficient (Wildman–Crippen LogP) is 4.16. The molecule has 0 radical (unpaired) electrons. The second kappa shape index (κ2) is 4.05. The molecule has 2 heteroatoms. The predicted molar refractivity (Wildman–Crippen MR) is 61.9 cm³/mol. The first-order valence-corrected chi connectivity index (χ1v) is 4.92. The fourth-order valence-electron chi connectivity index (χ4n) is 1.09. The van der Waals surface area contributed by atoms with Crippen LogP contribution in [0.3, 0.4) is 0 Å². The lowest BCUT2D eigenvalue weighted by molar-refractivity contribution is 0.131. The first-order chi connectivity index (χ1) is 6.44. The molecule has 0 saturated carbocycles. The zero-order valence-corrected chi connectivity index (χ0v) is 9.56. The van der Waals surface area contributed by atoms with E-state index in [4.69, 9.17) is 16.3 Å². The number of hydrogen-bond acceptors (Lipinski definition) is 1. The van der Waals surface area contributed by atoms with Gasteiger partial charge in [0.15, 0.2) is 0 Å². The summed E-state index contributed by atoms with van der Waals surface area (Å²) in [5.74, 6) is 0.705. The average Bonchev–Trinajstić information content (AvgIpc) is 2.06. The van der Waals surface area contributed by atoms with Gasteiger partial charge in [-0.15, -0.1) is 0 Å². The van der Waals surface area contributed by atoms with Crippen LogP contribution >= 0.6 is 11.6 Å². The first kappa shape index (κ1) is 11.1. The van der Waals surface area contributed by atoms with E-state index < -0.39 is 0 Å². The molecule has 0 N–H and O–H groups in total. The van der Waals surface area contributed by atoms with Crippen LogP contribution in [0.4, 0.5) is 0 Å². The van der Waals surface area contributed by atoms with E-state index >= 15 is 0 Å². The first-order valence-electron chi connectivity index (χ1n) is 4.54. The molecule has 0 spiro atoms. The van der Waals surface area contributed by atoms with Crippen molar-refractivity contribution in [3.63, 3.8) is 0 Å².